The Bertz CT molecular complexity index is 483. The van der Waals surface area contributed by atoms with Gasteiger partial charge in [-0.25, -0.2) is 0 Å². The van der Waals surface area contributed by atoms with Crippen LogP contribution < -0.4 is 5.32 Å². The number of H-pyrrole nitrogens is 1. The maximum absolute atomic E-state index is 3.57. The lowest BCUT2D eigenvalue weighted by Crippen LogP contribution is -2.12. The maximum atomic E-state index is 3.57. The number of halogens is 1. The molecule has 0 aliphatic carbocycles. The minimum atomic E-state index is 0.535. The standard InChI is InChI=1S/C12H13BrN2/c13-10-4-1-3-8-9(7-15-12(8)10)11-5-2-6-14-11/h1,3-4,7,11,14-15H,2,5-6H2. The van der Waals surface area contributed by atoms with Crippen molar-refractivity contribution in [2.45, 2.75) is 18.9 Å². The Labute approximate surface area is 97.2 Å². The molecular formula is C12H13BrN2. The zero-order valence-corrected chi connectivity index (χ0v) is 9.97. The van der Waals surface area contributed by atoms with Crippen molar-refractivity contribution < 1.29 is 0 Å². The highest BCUT2D eigenvalue weighted by molar-refractivity contribution is 9.10. The number of nitrogens with one attached hydrogen (secondary N) is 2. The Balaban J connectivity index is 2.15. The molecule has 3 heteroatoms. The number of aromatic amines is 1. The quantitative estimate of drug-likeness (QED) is 0.813. The first-order valence-corrected chi connectivity index (χ1v) is 6.14. The van der Waals surface area contributed by atoms with Crippen LogP contribution in [0.5, 0.6) is 0 Å². The summed E-state index contributed by atoms with van der Waals surface area (Å²) >= 11 is 3.57. The summed E-state index contributed by atoms with van der Waals surface area (Å²) in [4.78, 5) is 3.35. The highest BCUT2D eigenvalue weighted by Crippen LogP contribution is 2.32. The van der Waals surface area contributed by atoms with Crippen LogP contribution in [-0.2, 0) is 0 Å². The third kappa shape index (κ3) is 1.50. The van der Waals surface area contributed by atoms with Crippen molar-refractivity contribution in [2.75, 3.05) is 6.54 Å². The molecule has 1 atom stereocenters. The lowest BCUT2D eigenvalue weighted by atomic mass is 10.0. The number of hydrogen-bond donors (Lipinski definition) is 2. The fraction of sp³-hybridized carbons (Fsp3) is 0.333. The number of aromatic nitrogens is 1. The van der Waals surface area contributed by atoms with Gasteiger partial charge in [0.1, 0.15) is 0 Å². The van der Waals surface area contributed by atoms with E-state index in [-0.39, 0.29) is 0 Å². The zero-order valence-electron chi connectivity index (χ0n) is 8.39. The molecule has 1 unspecified atom stereocenters. The average molecular weight is 265 g/mol. The van der Waals surface area contributed by atoms with E-state index in [9.17, 15) is 0 Å². The van der Waals surface area contributed by atoms with Gasteiger partial charge in [0.25, 0.3) is 0 Å². The molecule has 1 aromatic heterocycles. The van der Waals surface area contributed by atoms with E-state index < -0.39 is 0 Å². The van der Waals surface area contributed by atoms with Crippen molar-refractivity contribution in [1.29, 1.82) is 0 Å². The van der Waals surface area contributed by atoms with E-state index in [4.69, 9.17) is 0 Å². The Morgan fingerprint density at radius 1 is 1.33 bits per heavy atom. The van der Waals surface area contributed by atoms with Crippen LogP contribution in [0, 0.1) is 0 Å². The van der Waals surface area contributed by atoms with Crippen molar-refractivity contribution in [3.05, 3.63) is 34.4 Å². The van der Waals surface area contributed by atoms with E-state index in [1.807, 2.05) is 0 Å². The summed E-state index contributed by atoms with van der Waals surface area (Å²) in [5.41, 5.74) is 2.62. The lowest BCUT2D eigenvalue weighted by molar-refractivity contribution is 0.652. The topological polar surface area (TPSA) is 27.8 Å². The number of fused-ring (bicyclic) bond motifs is 1. The van der Waals surface area contributed by atoms with Gasteiger partial charge in [-0.2, -0.15) is 0 Å². The largest absolute Gasteiger partial charge is 0.360 e. The number of para-hydroxylation sites is 1. The summed E-state index contributed by atoms with van der Waals surface area (Å²) in [6, 6.07) is 6.89. The zero-order chi connectivity index (χ0) is 10.3. The van der Waals surface area contributed by atoms with Gasteiger partial charge in [0.05, 0.1) is 5.52 Å². The van der Waals surface area contributed by atoms with Gasteiger partial charge in [0.15, 0.2) is 0 Å². The fourth-order valence-corrected chi connectivity index (χ4v) is 2.86. The molecule has 1 aromatic carbocycles. The van der Waals surface area contributed by atoms with Crippen molar-refractivity contribution in [3.63, 3.8) is 0 Å². The average Bonchev–Trinajstić information content (AvgIpc) is 2.85. The molecule has 1 saturated heterocycles. The minimum Gasteiger partial charge on any atom is -0.360 e. The third-order valence-corrected chi connectivity index (χ3v) is 3.79. The molecule has 1 aliphatic heterocycles. The summed E-state index contributed by atoms with van der Waals surface area (Å²) in [5, 5.41) is 4.87. The van der Waals surface area contributed by atoms with Gasteiger partial charge >= 0.3 is 0 Å². The summed E-state index contributed by atoms with van der Waals surface area (Å²) in [6.07, 6.45) is 4.67. The molecule has 2 aromatic rings. The van der Waals surface area contributed by atoms with Crippen LogP contribution in [0.2, 0.25) is 0 Å². The van der Waals surface area contributed by atoms with Crippen LogP contribution in [0.4, 0.5) is 0 Å². The predicted molar refractivity (Wildman–Crippen MR) is 66.0 cm³/mol. The second-order valence-corrected chi connectivity index (χ2v) is 4.91. The van der Waals surface area contributed by atoms with Crippen molar-refractivity contribution >= 4 is 26.8 Å². The van der Waals surface area contributed by atoms with Crippen molar-refractivity contribution in [1.82, 2.24) is 10.3 Å². The minimum absolute atomic E-state index is 0.535. The molecule has 0 radical (unpaired) electrons. The summed E-state index contributed by atoms with van der Waals surface area (Å²) in [5.74, 6) is 0. The normalized spacial score (nSPS) is 21.3. The van der Waals surface area contributed by atoms with E-state index in [0.29, 0.717) is 6.04 Å². The molecule has 15 heavy (non-hydrogen) atoms. The second-order valence-electron chi connectivity index (χ2n) is 4.06. The monoisotopic (exact) mass is 264 g/mol. The van der Waals surface area contributed by atoms with Crippen LogP contribution in [0.15, 0.2) is 28.9 Å². The molecule has 2 nitrogen and oxygen atoms in total. The lowest BCUT2D eigenvalue weighted by Gasteiger charge is -2.08. The van der Waals surface area contributed by atoms with Gasteiger partial charge in [0, 0.05) is 22.1 Å². The molecular weight excluding hydrogens is 252 g/mol. The van der Waals surface area contributed by atoms with Crippen molar-refractivity contribution in [2.24, 2.45) is 0 Å². The molecule has 0 spiro atoms. The third-order valence-electron chi connectivity index (χ3n) is 3.13. The Hall–Kier alpha value is -0.800. The van der Waals surface area contributed by atoms with Crippen LogP contribution in [0.1, 0.15) is 24.4 Å². The molecule has 0 amide bonds. The summed E-state index contributed by atoms with van der Waals surface area (Å²) in [7, 11) is 0. The van der Waals surface area contributed by atoms with E-state index in [2.05, 4.69) is 50.6 Å². The first-order valence-electron chi connectivity index (χ1n) is 5.35. The molecule has 2 N–H and O–H groups in total. The molecule has 2 heterocycles. The van der Waals surface area contributed by atoms with E-state index in [0.717, 1.165) is 11.0 Å². The number of benzene rings is 1. The van der Waals surface area contributed by atoms with Crippen LogP contribution in [0.3, 0.4) is 0 Å². The Morgan fingerprint density at radius 3 is 3.07 bits per heavy atom. The molecule has 0 saturated carbocycles. The number of rotatable bonds is 1. The van der Waals surface area contributed by atoms with E-state index in [1.165, 1.54) is 29.3 Å². The molecule has 0 bridgehead atoms. The Morgan fingerprint density at radius 2 is 2.27 bits per heavy atom. The SMILES string of the molecule is Brc1cccc2c(C3CCCN3)c[nH]c12. The fourth-order valence-electron chi connectivity index (χ4n) is 2.38. The van der Waals surface area contributed by atoms with Gasteiger partial charge in [0.2, 0.25) is 0 Å². The summed E-state index contributed by atoms with van der Waals surface area (Å²) in [6.45, 7) is 1.14. The smallest absolute Gasteiger partial charge is 0.0601 e. The summed E-state index contributed by atoms with van der Waals surface area (Å²) < 4.78 is 1.14. The van der Waals surface area contributed by atoms with Crippen LogP contribution in [-0.4, -0.2) is 11.5 Å². The van der Waals surface area contributed by atoms with Crippen LogP contribution >= 0.6 is 15.9 Å². The van der Waals surface area contributed by atoms with Crippen molar-refractivity contribution in [3.8, 4) is 0 Å². The Kier molecular flexibility index (Phi) is 2.29. The second kappa shape index (κ2) is 3.65. The van der Waals surface area contributed by atoms with Gasteiger partial charge in [-0.3, -0.25) is 0 Å². The van der Waals surface area contributed by atoms with Gasteiger partial charge < -0.3 is 10.3 Å². The highest BCUT2D eigenvalue weighted by atomic mass is 79.9. The van der Waals surface area contributed by atoms with Gasteiger partial charge in [-0.1, -0.05) is 12.1 Å². The van der Waals surface area contributed by atoms with Gasteiger partial charge in [-0.15, -0.1) is 0 Å². The highest BCUT2D eigenvalue weighted by Gasteiger charge is 2.19. The molecule has 1 aliphatic rings. The molecule has 78 valence electrons. The molecule has 1 fully saturated rings. The first-order chi connectivity index (χ1) is 7.36. The molecule has 3 rings (SSSR count). The predicted octanol–water partition coefficient (Wildman–Crippen LogP) is 3.35. The maximum Gasteiger partial charge on any atom is 0.0601 e. The van der Waals surface area contributed by atoms with E-state index in [1.54, 1.807) is 0 Å². The van der Waals surface area contributed by atoms with E-state index >= 15 is 0 Å². The first kappa shape index (κ1) is 9.43. The van der Waals surface area contributed by atoms with Crippen LogP contribution in [0.25, 0.3) is 10.9 Å². The van der Waals surface area contributed by atoms with Gasteiger partial charge in [-0.05, 0) is 46.9 Å². The number of hydrogen-bond acceptors (Lipinski definition) is 1.